The SMILES string of the molecule is Cc1cscc1-c1nc2ncnc(N)c2[nH]1. The molecule has 0 bridgehead atoms. The van der Waals surface area contributed by atoms with Gasteiger partial charge in [-0.3, -0.25) is 0 Å². The van der Waals surface area contributed by atoms with E-state index in [9.17, 15) is 0 Å². The second kappa shape index (κ2) is 3.28. The molecule has 0 saturated carbocycles. The molecule has 0 fully saturated rings. The summed E-state index contributed by atoms with van der Waals surface area (Å²) < 4.78 is 0. The number of rotatable bonds is 1. The summed E-state index contributed by atoms with van der Waals surface area (Å²) in [5, 5.41) is 4.13. The number of H-pyrrole nitrogens is 1. The zero-order valence-electron chi connectivity index (χ0n) is 8.56. The summed E-state index contributed by atoms with van der Waals surface area (Å²) in [5.74, 6) is 1.22. The maximum atomic E-state index is 5.74. The Hall–Kier alpha value is -1.95. The fraction of sp³-hybridized carbons (Fsp3) is 0.100. The largest absolute Gasteiger partial charge is 0.382 e. The summed E-state index contributed by atoms with van der Waals surface area (Å²) in [5.41, 5.74) is 9.32. The highest BCUT2D eigenvalue weighted by molar-refractivity contribution is 7.08. The molecular formula is C10H9N5S. The molecule has 3 aromatic rings. The lowest BCUT2D eigenvalue weighted by atomic mass is 10.2. The molecular weight excluding hydrogens is 222 g/mol. The molecule has 80 valence electrons. The molecule has 16 heavy (non-hydrogen) atoms. The summed E-state index contributed by atoms with van der Waals surface area (Å²) in [7, 11) is 0. The van der Waals surface area contributed by atoms with Crippen molar-refractivity contribution in [1.29, 1.82) is 0 Å². The van der Waals surface area contributed by atoms with Crippen LogP contribution in [0.2, 0.25) is 0 Å². The number of hydrogen-bond donors (Lipinski definition) is 2. The summed E-state index contributed by atoms with van der Waals surface area (Å²) >= 11 is 1.65. The number of aromatic amines is 1. The average molecular weight is 231 g/mol. The van der Waals surface area contributed by atoms with Gasteiger partial charge in [-0.25, -0.2) is 15.0 Å². The van der Waals surface area contributed by atoms with E-state index < -0.39 is 0 Å². The van der Waals surface area contributed by atoms with Crippen LogP contribution in [0.5, 0.6) is 0 Å². The third-order valence-corrected chi connectivity index (χ3v) is 3.29. The van der Waals surface area contributed by atoms with Crippen molar-refractivity contribution in [3.63, 3.8) is 0 Å². The molecule has 6 heteroatoms. The Labute approximate surface area is 95.4 Å². The number of aromatic nitrogens is 4. The van der Waals surface area contributed by atoms with Crippen molar-refractivity contribution >= 4 is 28.3 Å². The van der Waals surface area contributed by atoms with Gasteiger partial charge < -0.3 is 10.7 Å². The Bertz CT molecular complexity index is 654. The standard InChI is InChI=1S/C10H9N5S/c1-5-2-16-3-6(5)9-14-7-8(11)12-4-13-10(7)15-9/h2-4H,1H3,(H3,11,12,13,14,15). The molecule has 3 rings (SSSR count). The highest BCUT2D eigenvalue weighted by Crippen LogP contribution is 2.26. The van der Waals surface area contributed by atoms with Gasteiger partial charge in [0.05, 0.1) is 0 Å². The second-order valence-electron chi connectivity index (χ2n) is 3.51. The minimum atomic E-state index is 0.427. The highest BCUT2D eigenvalue weighted by Gasteiger charge is 2.11. The number of thiophene rings is 1. The fourth-order valence-electron chi connectivity index (χ4n) is 1.58. The number of hydrogen-bond acceptors (Lipinski definition) is 5. The lowest BCUT2D eigenvalue weighted by Gasteiger charge is -1.92. The number of fused-ring (bicyclic) bond motifs is 1. The summed E-state index contributed by atoms with van der Waals surface area (Å²) in [6.07, 6.45) is 1.42. The van der Waals surface area contributed by atoms with Crippen LogP contribution in [0, 0.1) is 6.92 Å². The highest BCUT2D eigenvalue weighted by atomic mass is 32.1. The molecule has 3 N–H and O–H groups in total. The van der Waals surface area contributed by atoms with Crippen molar-refractivity contribution < 1.29 is 0 Å². The molecule has 0 aliphatic heterocycles. The maximum Gasteiger partial charge on any atom is 0.183 e. The van der Waals surface area contributed by atoms with E-state index in [-0.39, 0.29) is 0 Å². The fourth-order valence-corrected chi connectivity index (χ4v) is 2.41. The van der Waals surface area contributed by atoms with Crippen LogP contribution in [0.3, 0.4) is 0 Å². The number of nitrogens with zero attached hydrogens (tertiary/aromatic N) is 3. The first-order chi connectivity index (χ1) is 7.75. The van der Waals surface area contributed by atoms with Crippen LogP contribution in [0.1, 0.15) is 5.56 Å². The van der Waals surface area contributed by atoms with E-state index in [0.29, 0.717) is 17.0 Å². The number of nitrogens with one attached hydrogen (secondary N) is 1. The number of nitrogen functional groups attached to an aromatic ring is 1. The first kappa shape index (κ1) is 9.29. The minimum absolute atomic E-state index is 0.427. The maximum absolute atomic E-state index is 5.74. The van der Waals surface area contributed by atoms with Crippen LogP contribution in [0.25, 0.3) is 22.6 Å². The van der Waals surface area contributed by atoms with Crippen LogP contribution in [0.4, 0.5) is 5.82 Å². The molecule has 0 atom stereocenters. The molecule has 0 radical (unpaired) electrons. The summed E-state index contributed by atoms with van der Waals surface area (Å²) in [4.78, 5) is 15.5. The first-order valence-electron chi connectivity index (χ1n) is 4.75. The minimum Gasteiger partial charge on any atom is -0.382 e. The molecule has 0 unspecified atom stereocenters. The van der Waals surface area contributed by atoms with E-state index in [1.54, 1.807) is 11.3 Å². The summed E-state index contributed by atoms with van der Waals surface area (Å²) in [6, 6.07) is 0. The van der Waals surface area contributed by atoms with E-state index >= 15 is 0 Å². The smallest absolute Gasteiger partial charge is 0.183 e. The van der Waals surface area contributed by atoms with Crippen molar-refractivity contribution in [3.8, 4) is 11.4 Å². The van der Waals surface area contributed by atoms with Gasteiger partial charge >= 0.3 is 0 Å². The molecule has 0 aromatic carbocycles. The Balaban J connectivity index is 2.27. The zero-order chi connectivity index (χ0) is 11.1. The predicted molar refractivity (Wildman–Crippen MR) is 64.1 cm³/mol. The molecule has 0 spiro atoms. The second-order valence-corrected chi connectivity index (χ2v) is 4.25. The van der Waals surface area contributed by atoms with Gasteiger partial charge in [-0.1, -0.05) is 0 Å². The number of imidazole rings is 1. The van der Waals surface area contributed by atoms with Gasteiger partial charge in [0, 0.05) is 10.9 Å². The predicted octanol–water partition coefficient (Wildman–Crippen LogP) is 1.97. The normalized spacial score (nSPS) is 11.1. The number of anilines is 1. The van der Waals surface area contributed by atoms with E-state index in [4.69, 9.17) is 5.73 Å². The lowest BCUT2D eigenvalue weighted by molar-refractivity contribution is 1.21. The van der Waals surface area contributed by atoms with Crippen LogP contribution >= 0.6 is 11.3 Å². The van der Waals surface area contributed by atoms with E-state index in [2.05, 4.69) is 30.7 Å². The topological polar surface area (TPSA) is 80.5 Å². The van der Waals surface area contributed by atoms with Gasteiger partial charge in [0.2, 0.25) is 0 Å². The Morgan fingerprint density at radius 3 is 2.88 bits per heavy atom. The summed E-state index contributed by atoms with van der Waals surface area (Å²) in [6.45, 7) is 2.05. The van der Waals surface area contributed by atoms with Crippen molar-refractivity contribution in [2.75, 3.05) is 5.73 Å². The van der Waals surface area contributed by atoms with Crippen LogP contribution in [-0.2, 0) is 0 Å². The van der Waals surface area contributed by atoms with Crippen LogP contribution in [-0.4, -0.2) is 19.9 Å². The Morgan fingerprint density at radius 2 is 2.19 bits per heavy atom. The van der Waals surface area contributed by atoms with E-state index in [1.165, 1.54) is 11.9 Å². The van der Waals surface area contributed by atoms with Crippen molar-refractivity contribution in [3.05, 3.63) is 22.7 Å². The molecule has 0 aliphatic rings. The van der Waals surface area contributed by atoms with Gasteiger partial charge in [0.1, 0.15) is 17.7 Å². The Kier molecular flexibility index (Phi) is 1.90. The lowest BCUT2D eigenvalue weighted by Crippen LogP contribution is -1.91. The third kappa shape index (κ3) is 1.27. The van der Waals surface area contributed by atoms with Crippen LogP contribution in [0.15, 0.2) is 17.1 Å². The molecule has 0 amide bonds. The van der Waals surface area contributed by atoms with Crippen molar-refractivity contribution in [2.24, 2.45) is 0 Å². The first-order valence-corrected chi connectivity index (χ1v) is 5.69. The van der Waals surface area contributed by atoms with Crippen LogP contribution < -0.4 is 5.73 Å². The van der Waals surface area contributed by atoms with E-state index in [0.717, 1.165) is 11.4 Å². The third-order valence-electron chi connectivity index (χ3n) is 2.43. The molecule has 0 saturated heterocycles. The van der Waals surface area contributed by atoms with Crippen molar-refractivity contribution in [1.82, 2.24) is 19.9 Å². The van der Waals surface area contributed by atoms with Gasteiger partial charge in [-0.15, -0.1) is 0 Å². The van der Waals surface area contributed by atoms with Gasteiger partial charge in [0.25, 0.3) is 0 Å². The number of nitrogens with two attached hydrogens (primary N) is 1. The van der Waals surface area contributed by atoms with Gasteiger partial charge in [0.15, 0.2) is 11.5 Å². The van der Waals surface area contributed by atoms with Crippen molar-refractivity contribution in [2.45, 2.75) is 6.92 Å². The Morgan fingerprint density at radius 1 is 1.31 bits per heavy atom. The van der Waals surface area contributed by atoms with Gasteiger partial charge in [-0.05, 0) is 17.9 Å². The van der Waals surface area contributed by atoms with Gasteiger partial charge in [-0.2, -0.15) is 11.3 Å². The average Bonchev–Trinajstić information content (AvgIpc) is 2.84. The zero-order valence-corrected chi connectivity index (χ0v) is 9.38. The monoisotopic (exact) mass is 231 g/mol. The molecule has 0 aliphatic carbocycles. The molecule has 5 nitrogen and oxygen atoms in total. The number of aryl methyl sites for hydroxylation is 1. The molecule has 3 heterocycles. The quantitative estimate of drug-likeness (QED) is 0.671. The molecule has 3 aromatic heterocycles. The van der Waals surface area contributed by atoms with E-state index in [1.807, 2.05) is 6.92 Å².